The number of anilines is 2. The summed E-state index contributed by atoms with van der Waals surface area (Å²) in [4.78, 5) is 14.3. The van der Waals surface area contributed by atoms with Gasteiger partial charge in [0, 0.05) is 25.6 Å². The van der Waals surface area contributed by atoms with Gasteiger partial charge in [0.2, 0.25) is 5.91 Å². The highest BCUT2D eigenvalue weighted by atomic mass is 16.5. The van der Waals surface area contributed by atoms with Crippen molar-refractivity contribution in [2.24, 2.45) is 5.92 Å². The third kappa shape index (κ3) is 6.04. The number of carbonyl (C=O) groups is 1. The fourth-order valence-electron chi connectivity index (χ4n) is 2.15. The number of nitrogens with zero attached hydrogens (tertiary/aromatic N) is 1. The molecule has 0 aromatic heterocycles. The second kappa shape index (κ2) is 8.52. The number of nitrogen functional groups attached to an aromatic ring is 1. The molecule has 1 aromatic carbocycles. The zero-order valence-electron chi connectivity index (χ0n) is 13.5. The van der Waals surface area contributed by atoms with E-state index in [1.54, 1.807) is 25.3 Å². The normalized spacial score (nSPS) is 11.0. The molecule has 0 spiro atoms. The number of nitrogens with two attached hydrogens (primary N) is 1. The first-order valence-corrected chi connectivity index (χ1v) is 7.42. The van der Waals surface area contributed by atoms with Crippen LogP contribution in [0.1, 0.15) is 27.2 Å². The van der Waals surface area contributed by atoms with Crippen LogP contribution in [0.5, 0.6) is 5.75 Å². The van der Waals surface area contributed by atoms with Crippen LogP contribution in [0.25, 0.3) is 0 Å². The summed E-state index contributed by atoms with van der Waals surface area (Å²) >= 11 is 0. The molecule has 0 unspecified atom stereocenters. The van der Waals surface area contributed by atoms with Crippen molar-refractivity contribution in [1.82, 2.24) is 4.90 Å². The highest BCUT2D eigenvalue weighted by Gasteiger charge is 2.10. The fraction of sp³-hybridized carbons (Fsp3) is 0.562. The largest absolute Gasteiger partial charge is 0.497 e. The average Bonchev–Trinajstić information content (AvgIpc) is 2.45. The summed E-state index contributed by atoms with van der Waals surface area (Å²) < 4.78 is 5.09. The van der Waals surface area contributed by atoms with Crippen LogP contribution >= 0.6 is 0 Å². The van der Waals surface area contributed by atoms with E-state index in [9.17, 15) is 4.79 Å². The Hall–Kier alpha value is -1.75. The average molecular weight is 293 g/mol. The molecule has 1 rings (SSSR count). The van der Waals surface area contributed by atoms with E-state index in [1.807, 2.05) is 0 Å². The van der Waals surface area contributed by atoms with Crippen LogP contribution in [-0.2, 0) is 4.79 Å². The Balaban J connectivity index is 2.50. The zero-order chi connectivity index (χ0) is 15.8. The van der Waals surface area contributed by atoms with E-state index >= 15 is 0 Å². The quantitative estimate of drug-likeness (QED) is 0.723. The molecule has 0 radical (unpaired) electrons. The number of ether oxygens (including phenoxy) is 1. The van der Waals surface area contributed by atoms with Crippen LogP contribution in [0.4, 0.5) is 11.4 Å². The van der Waals surface area contributed by atoms with E-state index in [-0.39, 0.29) is 5.91 Å². The first kappa shape index (κ1) is 17.3. The second-order valence-electron chi connectivity index (χ2n) is 5.54. The van der Waals surface area contributed by atoms with Crippen molar-refractivity contribution in [3.05, 3.63) is 18.2 Å². The van der Waals surface area contributed by atoms with Crippen molar-refractivity contribution in [2.75, 3.05) is 37.8 Å². The fourth-order valence-corrected chi connectivity index (χ4v) is 2.15. The van der Waals surface area contributed by atoms with Gasteiger partial charge in [0.25, 0.3) is 0 Å². The number of benzene rings is 1. The third-order valence-corrected chi connectivity index (χ3v) is 3.26. The smallest absolute Gasteiger partial charge is 0.225 e. The SMILES string of the molecule is CCN(CCC(=O)Nc1ccc(OC)cc1N)CC(C)C. The molecule has 0 fully saturated rings. The summed E-state index contributed by atoms with van der Waals surface area (Å²) in [6.07, 6.45) is 0.464. The van der Waals surface area contributed by atoms with Gasteiger partial charge in [-0.25, -0.2) is 0 Å². The maximum absolute atomic E-state index is 12.0. The zero-order valence-corrected chi connectivity index (χ0v) is 13.5. The van der Waals surface area contributed by atoms with Gasteiger partial charge in [-0.15, -0.1) is 0 Å². The molecule has 3 N–H and O–H groups in total. The molecule has 1 amide bonds. The monoisotopic (exact) mass is 293 g/mol. The molecule has 21 heavy (non-hydrogen) atoms. The van der Waals surface area contributed by atoms with Crippen LogP contribution < -0.4 is 15.8 Å². The van der Waals surface area contributed by atoms with Gasteiger partial charge in [-0.05, 0) is 24.6 Å². The molecule has 0 aliphatic rings. The van der Waals surface area contributed by atoms with Gasteiger partial charge in [-0.2, -0.15) is 0 Å². The number of amides is 1. The van der Waals surface area contributed by atoms with Crippen molar-refractivity contribution in [1.29, 1.82) is 0 Å². The first-order chi connectivity index (χ1) is 9.96. The first-order valence-electron chi connectivity index (χ1n) is 7.42. The van der Waals surface area contributed by atoms with E-state index in [4.69, 9.17) is 10.5 Å². The number of methoxy groups -OCH3 is 1. The number of carbonyl (C=O) groups excluding carboxylic acids is 1. The molecular weight excluding hydrogens is 266 g/mol. The van der Waals surface area contributed by atoms with Crippen LogP contribution in [0.3, 0.4) is 0 Å². The summed E-state index contributed by atoms with van der Waals surface area (Å²) in [5.41, 5.74) is 7.03. The number of rotatable bonds is 8. The molecule has 1 aromatic rings. The Kier molecular flexibility index (Phi) is 7.02. The number of hydrogen-bond donors (Lipinski definition) is 2. The van der Waals surface area contributed by atoms with Crippen molar-refractivity contribution in [3.8, 4) is 5.75 Å². The number of hydrogen-bond acceptors (Lipinski definition) is 4. The number of nitrogens with one attached hydrogen (secondary N) is 1. The highest BCUT2D eigenvalue weighted by molar-refractivity contribution is 5.94. The van der Waals surface area contributed by atoms with E-state index in [0.29, 0.717) is 29.5 Å². The van der Waals surface area contributed by atoms with Crippen molar-refractivity contribution in [2.45, 2.75) is 27.2 Å². The van der Waals surface area contributed by atoms with Gasteiger partial charge in [0.15, 0.2) is 0 Å². The lowest BCUT2D eigenvalue weighted by atomic mass is 10.2. The Labute approximate surface area is 127 Å². The lowest BCUT2D eigenvalue weighted by molar-refractivity contribution is -0.116. The molecule has 0 heterocycles. The summed E-state index contributed by atoms with van der Waals surface area (Å²) in [7, 11) is 1.58. The van der Waals surface area contributed by atoms with Gasteiger partial charge in [0.05, 0.1) is 18.5 Å². The molecule has 5 nitrogen and oxygen atoms in total. The van der Waals surface area contributed by atoms with Crippen molar-refractivity contribution >= 4 is 17.3 Å². The Bertz CT molecular complexity index is 461. The van der Waals surface area contributed by atoms with Gasteiger partial charge in [0.1, 0.15) is 5.75 Å². The summed E-state index contributed by atoms with van der Waals surface area (Å²) in [6.45, 7) is 9.20. The van der Waals surface area contributed by atoms with Gasteiger partial charge >= 0.3 is 0 Å². The minimum absolute atomic E-state index is 0.0194. The molecule has 0 saturated carbocycles. The van der Waals surface area contributed by atoms with E-state index in [1.165, 1.54) is 0 Å². The predicted octanol–water partition coefficient (Wildman–Crippen LogP) is 2.58. The van der Waals surface area contributed by atoms with Crippen molar-refractivity contribution in [3.63, 3.8) is 0 Å². The molecule has 0 bridgehead atoms. The van der Waals surface area contributed by atoms with Gasteiger partial charge < -0.3 is 20.7 Å². The van der Waals surface area contributed by atoms with Crippen LogP contribution in [0.15, 0.2) is 18.2 Å². The van der Waals surface area contributed by atoms with Crippen LogP contribution in [0.2, 0.25) is 0 Å². The van der Waals surface area contributed by atoms with Crippen LogP contribution in [-0.4, -0.2) is 37.6 Å². The molecule has 0 aliphatic carbocycles. The highest BCUT2D eigenvalue weighted by Crippen LogP contribution is 2.24. The van der Waals surface area contributed by atoms with Crippen molar-refractivity contribution < 1.29 is 9.53 Å². The molecule has 5 heteroatoms. The lowest BCUT2D eigenvalue weighted by Crippen LogP contribution is -2.31. The molecule has 118 valence electrons. The summed E-state index contributed by atoms with van der Waals surface area (Å²) in [5.74, 6) is 1.26. The standard InChI is InChI=1S/C16H27N3O2/c1-5-19(11-12(2)3)9-8-16(20)18-15-7-6-13(21-4)10-14(15)17/h6-7,10,12H,5,8-9,11,17H2,1-4H3,(H,18,20). The van der Waals surface area contributed by atoms with Gasteiger partial charge in [-0.1, -0.05) is 20.8 Å². The minimum Gasteiger partial charge on any atom is -0.497 e. The third-order valence-electron chi connectivity index (χ3n) is 3.26. The van der Waals surface area contributed by atoms with Gasteiger partial charge in [-0.3, -0.25) is 4.79 Å². The maximum atomic E-state index is 12.0. The Morgan fingerprint density at radius 2 is 2.14 bits per heavy atom. The molecule has 0 saturated heterocycles. The predicted molar refractivity (Wildman–Crippen MR) is 87.6 cm³/mol. The van der Waals surface area contributed by atoms with E-state index in [2.05, 4.69) is 31.0 Å². The Morgan fingerprint density at radius 3 is 2.67 bits per heavy atom. The van der Waals surface area contributed by atoms with Crippen LogP contribution in [0, 0.1) is 5.92 Å². The maximum Gasteiger partial charge on any atom is 0.225 e. The lowest BCUT2D eigenvalue weighted by Gasteiger charge is -2.22. The van der Waals surface area contributed by atoms with E-state index < -0.39 is 0 Å². The second-order valence-corrected chi connectivity index (χ2v) is 5.54. The molecule has 0 aliphatic heterocycles. The summed E-state index contributed by atoms with van der Waals surface area (Å²) in [6, 6.07) is 5.24. The van der Waals surface area contributed by atoms with E-state index in [0.717, 1.165) is 19.6 Å². The molecular formula is C16H27N3O2. The molecule has 0 atom stereocenters. The Morgan fingerprint density at radius 1 is 1.43 bits per heavy atom. The topological polar surface area (TPSA) is 67.6 Å². The minimum atomic E-state index is -0.0194. The summed E-state index contributed by atoms with van der Waals surface area (Å²) in [5, 5.41) is 2.85.